The number of nitrogens with one attached hydrogen (secondary N) is 2. The van der Waals surface area contributed by atoms with Gasteiger partial charge in [0.25, 0.3) is 11.8 Å². The zero-order valence-corrected chi connectivity index (χ0v) is 15.0. The van der Waals surface area contributed by atoms with E-state index in [1.807, 2.05) is 41.5 Å². The first-order chi connectivity index (χ1) is 8.38. The highest BCUT2D eigenvalue weighted by Crippen LogP contribution is 2.43. The summed E-state index contributed by atoms with van der Waals surface area (Å²) in [5.74, 6) is -1.05. The molecule has 0 aliphatic rings. The first-order valence-electron chi connectivity index (χ1n) is 5.63. The molecule has 0 saturated heterocycles. The molecule has 0 aromatic rings. The number of hydrogen-bond acceptors (Lipinski definition) is 4. The average Bonchev–Trinajstić information content (AvgIpc) is 2.14. The first kappa shape index (κ1) is 19.2. The van der Waals surface area contributed by atoms with Crippen LogP contribution in [0.2, 0.25) is 0 Å². The molecule has 0 rings (SSSR count). The molecule has 19 heavy (non-hydrogen) atoms. The van der Waals surface area contributed by atoms with Gasteiger partial charge in [-0.05, 0) is 84.9 Å². The van der Waals surface area contributed by atoms with Gasteiger partial charge >= 0.3 is 0 Å². The van der Waals surface area contributed by atoms with Gasteiger partial charge in [0.05, 0.1) is 0 Å². The number of carbonyl (C=O) groups is 2. The smallest absolute Gasteiger partial charge is 0.259 e. The van der Waals surface area contributed by atoms with Crippen LogP contribution in [0.1, 0.15) is 41.5 Å². The van der Waals surface area contributed by atoms with Gasteiger partial charge in [0.1, 0.15) is 0 Å². The second-order valence-electron chi connectivity index (χ2n) is 6.18. The Balaban J connectivity index is 5.25. The largest absolute Gasteiger partial charge is 0.349 e. The van der Waals surface area contributed by atoms with Crippen LogP contribution in [0.15, 0.2) is 0 Å². The summed E-state index contributed by atoms with van der Waals surface area (Å²) in [7, 11) is 12.7. The summed E-state index contributed by atoms with van der Waals surface area (Å²) in [5.41, 5.74) is -0.965. The molecule has 0 aliphatic heterocycles. The van der Waals surface area contributed by atoms with E-state index in [-0.39, 0.29) is 0 Å². The zero-order valence-electron chi connectivity index (χ0n) is 11.9. The lowest BCUT2D eigenvalue weighted by Gasteiger charge is -2.32. The van der Waals surface area contributed by atoms with Crippen molar-refractivity contribution in [3.63, 3.8) is 0 Å². The van der Waals surface area contributed by atoms with Crippen LogP contribution in [0.4, 0.5) is 0 Å². The van der Waals surface area contributed by atoms with E-state index in [9.17, 15) is 9.59 Å². The highest BCUT2D eigenvalue weighted by Gasteiger charge is 2.49. The third-order valence-electron chi connectivity index (χ3n) is 1.79. The Kier molecular flexibility index (Phi) is 6.86. The zero-order chi connectivity index (χ0) is 15.5. The average molecular weight is 347 g/mol. The fourth-order valence-electron chi connectivity index (χ4n) is 1.10. The van der Waals surface area contributed by atoms with Crippen molar-refractivity contribution in [3.05, 3.63) is 0 Å². The van der Waals surface area contributed by atoms with Crippen molar-refractivity contribution >= 4 is 55.1 Å². The summed E-state index contributed by atoms with van der Waals surface area (Å²) in [4.78, 5) is 24.6. The van der Waals surface area contributed by atoms with Gasteiger partial charge in [-0.25, -0.2) is 0 Å². The molecule has 0 fully saturated rings. The molecule has 0 aromatic carbocycles. The third-order valence-corrected chi connectivity index (χ3v) is 5.41. The van der Waals surface area contributed by atoms with Crippen LogP contribution in [-0.4, -0.2) is 27.0 Å². The van der Waals surface area contributed by atoms with Gasteiger partial charge in [-0.3, -0.25) is 9.59 Å². The summed E-state index contributed by atoms with van der Waals surface area (Å²) >= 11 is 0. The predicted molar refractivity (Wildman–Crippen MR) is 85.4 cm³/mol. The Hall–Kier alpha value is 0.220. The summed E-state index contributed by atoms with van der Waals surface area (Å²) in [6.07, 6.45) is 0. The summed E-state index contributed by atoms with van der Waals surface area (Å²) in [5, 5.41) is 5.44. The number of hydrogen-bond donors (Lipinski definition) is 2. The van der Waals surface area contributed by atoms with Crippen LogP contribution >= 0.6 is 43.3 Å². The van der Waals surface area contributed by atoms with Crippen molar-refractivity contribution < 1.29 is 9.59 Å². The van der Waals surface area contributed by atoms with Crippen molar-refractivity contribution in [1.82, 2.24) is 10.6 Å². The molecule has 0 atom stereocenters. The van der Waals surface area contributed by atoms with Crippen molar-refractivity contribution in [2.45, 2.75) is 56.7 Å². The maximum Gasteiger partial charge on any atom is 0.259 e. The lowest BCUT2D eigenvalue weighted by molar-refractivity contribution is -0.131. The molecule has 8 heteroatoms. The van der Waals surface area contributed by atoms with Crippen LogP contribution in [0, 0.1) is 0 Å². The first-order valence-corrected chi connectivity index (χ1v) is 8.91. The molecule has 0 aliphatic carbocycles. The minimum atomic E-state index is -1.62. The van der Waals surface area contributed by atoms with Gasteiger partial charge in [0, 0.05) is 11.1 Å². The topological polar surface area (TPSA) is 58.2 Å². The number of rotatable bonds is 4. The van der Waals surface area contributed by atoms with E-state index >= 15 is 0 Å². The third kappa shape index (κ3) is 6.02. The minimum absolute atomic E-state index is 0.483. The van der Waals surface area contributed by atoms with Gasteiger partial charge in [-0.1, -0.05) is 0 Å². The molecule has 0 saturated carbocycles. The molecular formula is C11H20Cl2N2O2S2. The second-order valence-corrected chi connectivity index (χ2v) is 8.90. The van der Waals surface area contributed by atoms with E-state index in [1.54, 1.807) is 0 Å². The van der Waals surface area contributed by atoms with Gasteiger partial charge in [-0.15, -0.1) is 0 Å². The fourth-order valence-corrected chi connectivity index (χ4v) is 3.38. The van der Waals surface area contributed by atoms with E-state index in [0.717, 1.165) is 0 Å². The molecule has 2 N–H and O–H groups in total. The summed E-state index contributed by atoms with van der Waals surface area (Å²) in [6.45, 7) is 10.9. The standard InChI is InChI=1S/C11H20Cl2N2O2S2/c1-9(2,3)14-7(16)11(18-12,19-13)8(17)15-10(4,5)6/h1-6H3,(H,14,16)(H,15,17). The SMILES string of the molecule is CC(C)(C)NC(=O)C(SCl)(SCl)C(=O)NC(C)(C)C. The Morgan fingerprint density at radius 1 is 0.789 bits per heavy atom. The van der Waals surface area contributed by atoms with Crippen LogP contribution < -0.4 is 10.6 Å². The van der Waals surface area contributed by atoms with Crippen molar-refractivity contribution in [2.24, 2.45) is 0 Å². The van der Waals surface area contributed by atoms with Crippen molar-refractivity contribution in [1.29, 1.82) is 0 Å². The summed E-state index contributed by atoms with van der Waals surface area (Å²) in [6, 6.07) is 0. The van der Waals surface area contributed by atoms with E-state index in [0.29, 0.717) is 22.0 Å². The highest BCUT2D eigenvalue weighted by molar-refractivity contribution is 8.39. The Labute approximate surface area is 132 Å². The molecule has 0 aromatic heterocycles. The Morgan fingerprint density at radius 3 is 1.21 bits per heavy atom. The summed E-state index contributed by atoms with van der Waals surface area (Å²) < 4.78 is -1.62. The van der Waals surface area contributed by atoms with Crippen molar-refractivity contribution in [3.8, 4) is 0 Å². The quantitative estimate of drug-likeness (QED) is 0.605. The van der Waals surface area contributed by atoms with Crippen LogP contribution in [0.5, 0.6) is 0 Å². The molecule has 0 heterocycles. The van der Waals surface area contributed by atoms with E-state index in [2.05, 4.69) is 10.6 Å². The number of amides is 2. The monoisotopic (exact) mass is 346 g/mol. The number of halogens is 2. The number of carbonyl (C=O) groups excluding carboxylic acids is 2. The molecule has 0 spiro atoms. The maximum atomic E-state index is 12.3. The lowest BCUT2D eigenvalue weighted by atomic mass is 10.1. The van der Waals surface area contributed by atoms with Crippen LogP contribution in [0.3, 0.4) is 0 Å². The maximum absolute atomic E-state index is 12.3. The van der Waals surface area contributed by atoms with Gasteiger partial charge in [0.15, 0.2) is 0 Å². The molecule has 0 unspecified atom stereocenters. The molecular weight excluding hydrogens is 327 g/mol. The highest BCUT2D eigenvalue weighted by atomic mass is 35.7. The lowest BCUT2D eigenvalue weighted by Crippen LogP contribution is -2.58. The fraction of sp³-hybridized carbons (Fsp3) is 0.818. The normalized spacial score (nSPS) is 13.1. The molecule has 4 nitrogen and oxygen atoms in total. The molecule has 0 radical (unpaired) electrons. The van der Waals surface area contributed by atoms with Gasteiger partial charge in [-0.2, -0.15) is 0 Å². The minimum Gasteiger partial charge on any atom is -0.349 e. The Bertz CT molecular complexity index is 318. The van der Waals surface area contributed by atoms with Crippen LogP contribution in [-0.2, 0) is 9.59 Å². The molecule has 2 amide bonds. The van der Waals surface area contributed by atoms with Crippen LogP contribution in [0.25, 0.3) is 0 Å². The van der Waals surface area contributed by atoms with E-state index < -0.39 is 27.0 Å². The van der Waals surface area contributed by atoms with Gasteiger partial charge < -0.3 is 10.6 Å². The Morgan fingerprint density at radius 2 is 1.05 bits per heavy atom. The van der Waals surface area contributed by atoms with E-state index in [1.165, 1.54) is 0 Å². The van der Waals surface area contributed by atoms with Crippen molar-refractivity contribution in [2.75, 3.05) is 0 Å². The second kappa shape index (κ2) is 6.78. The van der Waals surface area contributed by atoms with Gasteiger partial charge in [0.2, 0.25) is 4.08 Å². The van der Waals surface area contributed by atoms with E-state index in [4.69, 9.17) is 21.4 Å². The predicted octanol–water partition coefficient (Wildman–Crippen LogP) is 3.29. The molecule has 0 bridgehead atoms. The molecule has 112 valence electrons.